The molecule has 1 aliphatic carbocycles. The van der Waals surface area contributed by atoms with Crippen molar-refractivity contribution in [3.8, 4) is 0 Å². The second-order valence-electron chi connectivity index (χ2n) is 7.96. The van der Waals surface area contributed by atoms with Crippen molar-refractivity contribution in [1.82, 2.24) is 29.4 Å². The van der Waals surface area contributed by atoms with Crippen molar-refractivity contribution in [3.05, 3.63) is 22.1 Å². The highest BCUT2D eigenvalue weighted by Crippen LogP contribution is 2.39. The van der Waals surface area contributed by atoms with Crippen molar-refractivity contribution in [2.24, 2.45) is 5.92 Å². The van der Waals surface area contributed by atoms with E-state index in [1.54, 1.807) is 15.9 Å². The number of fused-ring (bicyclic) bond motifs is 5. The van der Waals surface area contributed by atoms with Crippen LogP contribution in [0.1, 0.15) is 40.2 Å². The fraction of sp³-hybridized carbons (Fsp3) is 0.579. The monoisotopic (exact) mass is 384 g/mol. The molecule has 0 saturated carbocycles. The molecule has 1 saturated heterocycles. The van der Waals surface area contributed by atoms with Crippen LogP contribution in [-0.2, 0) is 12.8 Å². The summed E-state index contributed by atoms with van der Waals surface area (Å²) in [7, 11) is 2.08. The first-order valence-corrected chi connectivity index (χ1v) is 10.5. The molecule has 0 spiro atoms. The Morgan fingerprint density at radius 2 is 1.96 bits per heavy atom. The van der Waals surface area contributed by atoms with Gasteiger partial charge in [-0.25, -0.2) is 9.97 Å². The zero-order valence-electron chi connectivity index (χ0n) is 16.0. The van der Waals surface area contributed by atoms with Gasteiger partial charge < -0.3 is 9.80 Å². The van der Waals surface area contributed by atoms with Crippen molar-refractivity contribution in [1.29, 1.82) is 0 Å². The highest BCUT2D eigenvalue weighted by atomic mass is 32.1. The average molecular weight is 385 g/mol. The van der Waals surface area contributed by atoms with Crippen LogP contribution in [0.4, 0.5) is 0 Å². The first-order chi connectivity index (χ1) is 13.0. The molecule has 5 rings (SSSR count). The maximum absolute atomic E-state index is 13.0. The largest absolute Gasteiger partial charge is 0.333 e. The summed E-state index contributed by atoms with van der Waals surface area (Å²) in [6.07, 6.45) is 3.41. The molecule has 4 heterocycles. The minimum Gasteiger partial charge on any atom is -0.333 e. The zero-order chi connectivity index (χ0) is 18.7. The number of hydrogen-bond donors (Lipinski definition) is 0. The van der Waals surface area contributed by atoms with Gasteiger partial charge in [0.05, 0.1) is 5.39 Å². The molecule has 1 aliphatic heterocycles. The molecule has 0 N–H and O–H groups in total. The number of thiophene rings is 1. The molecule has 3 aromatic rings. The molecule has 8 heteroatoms. The number of rotatable bonds is 1. The van der Waals surface area contributed by atoms with Crippen molar-refractivity contribution in [2.75, 3.05) is 33.2 Å². The Labute approximate surface area is 162 Å². The Hall–Kier alpha value is -2.06. The number of aromatic nitrogens is 4. The first kappa shape index (κ1) is 17.1. The average Bonchev–Trinajstić information content (AvgIpc) is 3.23. The molecular formula is C19H24N6OS. The number of hydrogen-bond acceptors (Lipinski definition) is 6. The van der Waals surface area contributed by atoms with Gasteiger partial charge in [-0.3, -0.25) is 4.79 Å². The summed E-state index contributed by atoms with van der Waals surface area (Å²) in [4.78, 5) is 29.0. The number of carbonyl (C=O) groups excluding carboxylic acids is 1. The van der Waals surface area contributed by atoms with Crippen LogP contribution in [0.2, 0.25) is 0 Å². The highest BCUT2D eigenvalue weighted by Gasteiger charge is 2.28. The summed E-state index contributed by atoms with van der Waals surface area (Å²) in [5.74, 6) is 1.68. The predicted octanol–water partition coefficient (Wildman–Crippen LogP) is 2.16. The number of piperazine rings is 1. The van der Waals surface area contributed by atoms with Gasteiger partial charge in [0.2, 0.25) is 5.82 Å². The predicted molar refractivity (Wildman–Crippen MR) is 105 cm³/mol. The summed E-state index contributed by atoms with van der Waals surface area (Å²) in [5, 5.41) is 5.66. The molecule has 0 bridgehead atoms. The fourth-order valence-corrected chi connectivity index (χ4v) is 5.44. The normalized spacial score (nSPS) is 21.1. The molecule has 0 aromatic carbocycles. The number of likely N-dealkylation sites (N-methyl/N-ethyl adjacent to an activating group) is 1. The molecule has 142 valence electrons. The van der Waals surface area contributed by atoms with Crippen molar-refractivity contribution < 1.29 is 4.79 Å². The van der Waals surface area contributed by atoms with E-state index in [0.717, 1.165) is 60.7 Å². The quantitative estimate of drug-likeness (QED) is 0.643. The molecule has 1 atom stereocenters. The molecule has 2 aliphatic rings. The van der Waals surface area contributed by atoms with Gasteiger partial charge in [0.15, 0.2) is 5.65 Å². The van der Waals surface area contributed by atoms with Crippen LogP contribution in [0, 0.1) is 12.8 Å². The third kappa shape index (κ3) is 2.73. The lowest BCUT2D eigenvalue weighted by Gasteiger charge is -2.31. The number of nitrogens with zero attached hydrogens (tertiary/aromatic N) is 6. The minimum atomic E-state index is -0.0724. The standard InChI is InChI=1S/C19H24N6OS/c1-11-4-5-14-13(10-11)15-17-21-16(19(26)24-8-6-23(3)7-9-24)22-25(17)12(2)20-18(15)27-14/h11H,4-10H2,1-3H3/t11-/m0/s1. The van der Waals surface area contributed by atoms with E-state index in [2.05, 4.69) is 24.0 Å². The van der Waals surface area contributed by atoms with Crippen LogP contribution in [0.5, 0.6) is 0 Å². The Kier molecular flexibility index (Phi) is 3.94. The van der Waals surface area contributed by atoms with E-state index >= 15 is 0 Å². The van der Waals surface area contributed by atoms with Crippen molar-refractivity contribution >= 4 is 33.1 Å². The topological polar surface area (TPSA) is 66.6 Å². The number of aryl methyl sites for hydroxylation is 2. The van der Waals surface area contributed by atoms with E-state index < -0.39 is 0 Å². The van der Waals surface area contributed by atoms with E-state index in [9.17, 15) is 4.79 Å². The van der Waals surface area contributed by atoms with Crippen LogP contribution in [0.3, 0.4) is 0 Å². The van der Waals surface area contributed by atoms with Gasteiger partial charge in [-0.15, -0.1) is 16.4 Å². The molecule has 1 fully saturated rings. The van der Waals surface area contributed by atoms with Gasteiger partial charge in [0.25, 0.3) is 5.91 Å². The third-order valence-electron chi connectivity index (χ3n) is 5.87. The van der Waals surface area contributed by atoms with Crippen LogP contribution in [0.15, 0.2) is 0 Å². The van der Waals surface area contributed by atoms with Crippen LogP contribution in [-0.4, -0.2) is 68.5 Å². The third-order valence-corrected chi connectivity index (χ3v) is 7.06. The Morgan fingerprint density at radius 1 is 1.19 bits per heavy atom. The lowest BCUT2D eigenvalue weighted by Crippen LogP contribution is -2.47. The molecule has 27 heavy (non-hydrogen) atoms. The summed E-state index contributed by atoms with van der Waals surface area (Å²) in [5.41, 5.74) is 2.17. The highest BCUT2D eigenvalue weighted by molar-refractivity contribution is 7.19. The smallest absolute Gasteiger partial charge is 0.293 e. The Balaban J connectivity index is 1.62. The van der Waals surface area contributed by atoms with E-state index in [4.69, 9.17) is 9.97 Å². The molecule has 1 amide bonds. The van der Waals surface area contributed by atoms with Gasteiger partial charge in [0, 0.05) is 31.1 Å². The van der Waals surface area contributed by atoms with Crippen molar-refractivity contribution in [3.63, 3.8) is 0 Å². The fourth-order valence-electron chi connectivity index (χ4n) is 4.19. The molecule has 0 unspecified atom stereocenters. The summed E-state index contributed by atoms with van der Waals surface area (Å²) in [6.45, 7) is 7.47. The van der Waals surface area contributed by atoms with Crippen LogP contribution in [0.25, 0.3) is 15.9 Å². The van der Waals surface area contributed by atoms with Crippen LogP contribution >= 0.6 is 11.3 Å². The lowest BCUT2D eigenvalue weighted by atomic mass is 9.89. The van der Waals surface area contributed by atoms with Gasteiger partial charge in [-0.05, 0) is 44.7 Å². The van der Waals surface area contributed by atoms with E-state index in [-0.39, 0.29) is 5.91 Å². The number of amides is 1. The lowest BCUT2D eigenvalue weighted by molar-refractivity contribution is 0.0652. The van der Waals surface area contributed by atoms with E-state index in [1.807, 2.05) is 11.8 Å². The summed E-state index contributed by atoms with van der Waals surface area (Å²) >= 11 is 1.78. The molecular weight excluding hydrogens is 360 g/mol. The van der Waals surface area contributed by atoms with E-state index in [0.29, 0.717) is 11.7 Å². The van der Waals surface area contributed by atoms with Gasteiger partial charge in [-0.1, -0.05) is 6.92 Å². The maximum atomic E-state index is 13.0. The van der Waals surface area contributed by atoms with E-state index in [1.165, 1.54) is 16.9 Å². The minimum absolute atomic E-state index is 0.0724. The first-order valence-electron chi connectivity index (χ1n) is 9.66. The zero-order valence-corrected chi connectivity index (χ0v) is 16.8. The number of carbonyl (C=O) groups is 1. The second kappa shape index (κ2) is 6.24. The maximum Gasteiger partial charge on any atom is 0.293 e. The SMILES string of the molecule is Cc1nc2sc3c(c2c2nc(C(=O)N4CCN(C)CC4)nn12)C[C@@H](C)CC3. The molecule has 7 nitrogen and oxygen atoms in total. The van der Waals surface area contributed by atoms with Crippen molar-refractivity contribution in [2.45, 2.75) is 33.1 Å². The molecule has 0 radical (unpaired) electrons. The Morgan fingerprint density at radius 3 is 2.74 bits per heavy atom. The Bertz CT molecular complexity index is 1050. The summed E-state index contributed by atoms with van der Waals surface area (Å²) < 4.78 is 1.76. The molecule has 3 aromatic heterocycles. The van der Waals surface area contributed by atoms with Gasteiger partial charge in [0.1, 0.15) is 10.7 Å². The second-order valence-corrected chi connectivity index (χ2v) is 9.04. The van der Waals surface area contributed by atoms with Gasteiger partial charge in [-0.2, -0.15) is 4.52 Å². The van der Waals surface area contributed by atoms with Gasteiger partial charge >= 0.3 is 0 Å². The summed E-state index contributed by atoms with van der Waals surface area (Å²) in [6, 6.07) is 0. The van der Waals surface area contributed by atoms with Crippen LogP contribution < -0.4 is 0 Å².